The first-order valence-electron chi connectivity index (χ1n) is 8.51. The van der Waals surface area contributed by atoms with Gasteiger partial charge in [-0.15, -0.1) is 11.8 Å². The van der Waals surface area contributed by atoms with Gasteiger partial charge in [-0.05, 0) is 25.5 Å². The summed E-state index contributed by atoms with van der Waals surface area (Å²) in [6.07, 6.45) is 7.61. The lowest BCUT2D eigenvalue weighted by Gasteiger charge is -2.28. The molecule has 2 saturated heterocycles. The Morgan fingerprint density at radius 3 is 2.38 bits per heavy atom. The summed E-state index contributed by atoms with van der Waals surface area (Å²) in [5, 5.41) is 1.88. The van der Waals surface area contributed by atoms with Crippen molar-refractivity contribution in [3.63, 3.8) is 0 Å². The quantitative estimate of drug-likeness (QED) is 0.617. The van der Waals surface area contributed by atoms with Crippen LogP contribution in [-0.2, 0) is 4.74 Å². The van der Waals surface area contributed by atoms with Crippen LogP contribution < -0.4 is 9.80 Å². The molecule has 0 unspecified atom stereocenters. The van der Waals surface area contributed by atoms with E-state index < -0.39 is 0 Å². The lowest BCUT2D eigenvalue weighted by atomic mass is 10.1. The average molecular weight is 346 g/mol. The first-order chi connectivity index (χ1) is 11.8. The number of hydrogen-bond acceptors (Lipinski definition) is 8. The molecule has 0 spiro atoms. The van der Waals surface area contributed by atoms with Gasteiger partial charge in [0.05, 0.1) is 18.6 Å². The molecule has 0 N–H and O–H groups in total. The number of aromatic nitrogens is 4. The highest BCUT2D eigenvalue weighted by Crippen LogP contribution is 2.27. The van der Waals surface area contributed by atoms with E-state index in [0.29, 0.717) is 0 Å². The minimum Gasteiger partial charge on any atom is -0.378 e. The van der Waals surface area contributed by atoms with Crippen LogP contribution in [0.5, 0.6) is 0 Å². The van der Waals surface area contributed by atoms with Crippen LogP contribution in [0.3, 0.4) is 0 Å². The fourth-order valence-electron chi connectivity index (χ4n) is 3.18. The summed E-state index contributed by atoms with van der Waals surface area (Å²) in [7, 11) is 0. The third-order valence-electron chi connectivity index (χ3n) is 4.52. The Hall–Kier alpha value is -1.67. The average Bonchev–Trinajstić information content (AvgIpc) is 2.68. The molecular weight excluding hydrogens is 324 g/mol. The molecule has 4 heterocycles. The first kappa shape index (κ1) is 15.8. The number of morpholine rings is 1. The maximum atomic E-state index is 5.41. The largest absolute Gasteiger partial charge is 0.378 e. The molecule has 4 rings (SSSR count). The summed E-state index contributed by atoms with van der Waals surface area (Å²) in [6, 6.07) is 0. The van der Waals surface area contributed by atoms with Gasteiger partial charge in [-0.1, -0.05) is 0 Å². The molecule has 0 aromatic carbocycles. The zero-order chi connectivity index (χ0) is 16.4. The standard InChI is InChI=1S/C16H22N6OS/c1-24-14-12-11-17-15(22-7-9-23-10-8-22)18-13(12)19-16(20-14)21-5-3-2-4-6-21/h11H,2-10H2,1H3. The molecule has 0 saturated carbocycles. The Labute approximate surface area is 145 Å². The van der Waals surface area contributed by atoms with Gasteiger partial charge < -0.3 is 14.5 Å². The van der Waals surface area contributed by atoms with E-state index in [4.69, 9.17) is 19.7 Å². The van der Waals surface area contributed by atoms with Crippen LogP contribution in [0.2, 0.25) is 0 Å². The van der Waals surface area contributed by atoms with Crippen LogP contribution in [-0.4, -0.2) is 65.6 Å². The molecule has 0 radical (unpaired) electrons. The molecule has 0 atom stereocenters. The molecular formula is C16H22N6OS. The Bertz CT molecular complexity index is 710. The molecule has 2 aliphatic heterocycles. The fourth-order valence-corrected chi connectivity index (χ4v) is 3.71. The number of thioether (sulfide) groups is 1. The summed E-state index contributed by atoms with van der Waals surface area (Å²) in [4.78, 5) is 23.2. The zero-order valence-electron chi connectivity index (χ0n) is 13.9. The van der Waals surface area contributed by atoms with Crippen molar-refractivity contribution in [2.24, 2.45) is 0 Å². The topological polar surface area (TPSA) is 67.3 Å². The minimum atomic E-state index is 0.722. The van der Waals surface area contributed by atoms with Gasteiger partial charge in [0.15, 0.2) is 5.65 Å². The number of nitrogens with zero attached hydrogens (tertiary/aromatic N) is 6. The number of anilines is 2. The summed E-state index contributed by atoms with van der Waals surface area (Å²) < 4.78 is 5.41. The highest BCUT2D eigenvalue weighted by atomic mass is 32.2. The van der Waals surface area contributed by atoms with Gasteiger partial charge in [-0.25, -0.2) is 9.97 Å². The SMILES string of the molecule is CSc1nc(N2CCCCC2)nc2nc(N3CCOCC3)ncc12. The van der Waals surface area contributed by atoms with Crippen LogP contribution in [0.15, 0.2) is 11.2 Å². The van der Waals surface area contributed by atoms with E-state index in [9.17, 15) is 0 Å². The molecule has 0 aliphatic carbocycles. The maximum Gasteiger partial charge on any atom is 0.228 e. The summed E-state index contributed by atoms with van der Waals surface area (Å²) in [5.41, 5.74) is 0.742. The second-order valence-electron chi connectivity index (χ2n) is 6.09. The number of ether oxygens (including phenoxy) is 1. The van der Waals surface area contributed by atoms with E-state index in [0.717, 1.165) is 67.3 Å². The van der Waals surface area contributed by atoms with Crippen molar-refractivity contribution in [2.45, 2.75) is 24.3 Å². The van der Waals surface area contributed by atoms with Gasteiger partial charge in [0, 0.05) is 32.4 Å². The molecule has 128 valence electrons. The molecule has 2 aromatic heterocycles. The summed E-state index contributed by atoms with van der Waals surface area (Å²) in [5.74, 6) is 1.54. The summed E-state index contributed by atoms with van der Waals surface area (Å²) >= 11 is 1.63. The van der Waals surface area contributed by atoms with Crippen LogP contribution in [0, 0.1) is 0 Å². The van der Waals surface area contributed by atoms with Crippen molar-refractivity contribution in [3.05, 3.63) is 6.20 Å². The van der Waals surface area contributed by atoms with Crippen molar-refractivity contribution in [1.82, 2.24) is 19.9 Å². The van der Waals surface area contributed by atoms with E-state index >= 15 is 0 Å². The van der Waals surface area contributed by atoms with Gasteiger partial charge in [0.25, 0.3) is 0 Å². The molecule has 7 nitrogen and oxygen atoms in total. The zero-order valence-corrected chi connectivity index (χ0v) is 14.8. The van der Waals surface area contributed by atoms with E-state index in [2.05, 4.69) is 14.8 Å². The first-order valence-corrected chi connectivity index (χ1v) is 9.74. The van der Waals surface area contributed by atoms with E-state index in [-0.39, 0.29) is 0 Å². The summed E-state index contributed by atoms with van der Waals surface area (Å²) in [6.45, 7) is 5.15. The number of piperidine rings is 1. The molecule has 24 heavy (non-hydrogen) atoms. The van der Waals surface area contributed by atoms with Crippen molar-refractivity contribution in [2.75, 3.05) is 55.4 Å². The van der Waals surface area contributed by atoms with Crippen LogP contribution in [0.25, 0.3) is 11.0 Å². The van der Waals surface area contributed by atoms with E-state index in [1.807, 2.05) is 12.5 Å². The normalized spacial score (nSPS) is 19.0. The van der Waals surface area contributed by atoms with E-state index in [1.165, 1.54) is 19.3 Å². The fraction of sp³-hybridized carbons (Fsp3) is 0.625. The lowest BCUT2D eigenvalue weighted by molar-refractivity contribution is 0.122. The Morgan fingerprint density at radius 1 is 0.917 bits per heavy atom. The Balaban J connectivity index is 1.73. The number of fused-ring (bicyclic) bond motifs is 1. The second kappa shape index (κ2) is 7.06. The lowest BCUT2D eigenvalue weighted by Crippen LogP contribution is -2.37. The van der Waals surface area contributed by atoms with Crippen LogP contribution in [0.1, 0.15) is 19.3 Å². The third kappa shape index (κ3) is 3.12. The highest BCUT2D eigenvalue weighted by molar-refractivity contribution is 7.98. The molecule has 2 aliphatic rings. The molecule has 8 heteroatoms. The van der Waals surface area contributed by atoms with Crippen molar-refractivity contribution in [3.8, 4) is 0 Å². The van der Waals surface area contributed by atoms with Crippen LogP contribution in [0.4, 0.5) is 11.9 Å². The van der Waals surface area contributed by atoms with Gasteiger partial charge in [0.1, 0.15) is 5.03 Å². The Kier molecular flexibility index (Phi) is 4.66. The van der Waals surface area contributed by atoms with Gasteiger partial charge in [-0.2, -0.15) is 9.97 Å². The predicted molar refractivity (Wildman–Crippen MR) is 96.0 cm³/mol. The molecule has 0 bridgehead atoms. The minimum absolute atomic E-state index is 0.722. The van der Waals surface area contributed by atoms with Crippen LogP contribution >= 0.6 is 11.8 Å². The monoisotopic (exact) mass is 346 g/mol. The Morgan fingerprint density at radius 2 is 1.62 bits per heavy atom. The third-order valence-corrected chi connectivity index (χ3v) is 5.22. The smallest absolute Gasteiger partial charge is 0.228 e. The maximum absolute atomic E-state index is 5.41. The van der Waals surface area contributed by atoms with Crippen molar-refractivity contribution < 1.29 is 4.74 Å². The molecule has 0 amide bonds. The number of hydrogen-bond donors (Lipinski definition) is 0. The van der Waals surface area contributed by atoms with Crippen molar-refractivity contribution in [1.29, 1.82) is 0 Å². The predicted octanol–water partition coefficient (Wildman–Crippen LogP) is 1.97. The van der Waals surface area contributed by atoms with E-state index in [1.54, 1.807) is 11.8 Å². The highest BCUT2D eigenvalue weighted by Gasteiger charge is 2.19. The molecule has 2 aromatic rings. The van der Waals surface area contributed by atoms with Gasteiger partial charge in [0.2, 0.25) is 11.9 Å². The van der Waals surface area contributed by atoms with Crippen molar-refractivity contribution >= 4 is 34.7 Å². The van der Waals surface area contributed by atoms with Gasteiger partial charge >= 0.3 is 0 Å². The molecule has 2 fully saturated rings. The second-order valence-corrected chi connectivity index (χ2v) is 6.88. The van der Waals surface area contributed by atoms with Gasteiger partial charge in [-0.3, -0.25) is 0 Å². The number of rotatable bonds is 3.